The number of halogens is 1. The zero-order chi connectivity index (χ0) is 15.5. The number of aryl methyl sites for hydroxylation is 1. The molecule has 22 heavy (non-hydrogen) atoms. The molecule has 0 bridgehead atoms. The van der Waals surface area contributed by atoms with Crippen molar-refractivity contribution in [2.45, 2.75) is 19.3 Å². The van der Waals surface area contributed by atoms with Crippen molar-refractivity contribution < 1.29 is 13.9 Å². The van der Waals surface area contributed by atoms with Gasteiger partial charge in [-0.25, -0.2) is 4.39 Å². The van der Waals surface area contributed by atoms with Crippen LogP contribution in [0.15, 0.2) is 24.3 Å². The van der Waals surface area contributed by atoms with E-state index >= 15 is 0 Å². The number of rotatable bonds is 4. The van der Waals surface area contributed by atoms with Crippen LogP contribution in [0.3, 0.4) is 0 Å². The number of amides is 1. The van der Waals surface area contributed by atoms with Gasteiger partial charge in [0.2, 0.25) is 0 Å². The van der Waals surface area contributed by atoms with E-state index in [4.69, 9.17) is 4.74 Å². The quantitative estimate of drug-likeness (QED) is 0.941. The molecule has 0 saturated heterocycles. The monoisotopic (exact) mass is 316 g/mol. The summed E-state index contributed by atoms with van der Waals surface area (Å²) in [5.74, 6) is -0.880. The first-order valence-electron chi connectivity index (χ1n) is 6.91. The molecule has 1 aromatic heterocycles. The summed E-state index contributed by atoms with van der Waals surface area (Å²) in [5.41, 5.74) is 1.61. The number of nitrogens with one attached hydrogen (secondary N) is 1. The number of benzene rings is 1. The lowest BCUT2D eigenvalue weighted by molar-refractivity contribution is -0.118. The lowest BCUT2D eigenvalue weighted by atomic mass is 10.1. The second kappa shape index (κ2) is 6.16. The topological polar surface area (TPSA) is 62.1 Å². The summed E-state index contributed by atoms with van der Waals surface area (Å²) in [6, 6.07) is 8.07. The number of fused-ring (bicyclic) bond motifs is 1. The van der Waals surface area contributed by atoms with Crippen LogP contribution in [-0.4, -0.2) is 12.5 Å². The van der Waals surface area contributed by atoms with Gasteiger partial charge in [-0.15, -0.1) is 11.3 Å². The number of ether oxygens (including phenoxy) is 1. The highest BCUT2D eigenvalue weighted by molar-refractivity contribution is 7.16. The Hall–Kier alpha value is -2.39. The number of thiophene rings is 1. The second-order valence-electron chi connectivity index (χ2n) is 4.94. The summed E-state index contributed by atoms with van der Waals surface area (Å²) in [5, 5.41) is 12.5. The smallest absolute Gasteiger partial charge is 0.262 e. The van der Waals surface area contributed by atoms with Crippen molar-refractivity contribution in [1.82, 2.24) is 0 Å². The van der Waals surface area contributed by atoms with Crippen molar-refractivity contribution in [1.29, 1.82) is 5.26 Å². The fourth-order valence-electron chi connectivity index (χ4n) is 2.48. The predicted molar refractivity (Wildman–Crippen MR) is 81.6 cm³/mol. The van der Waals surface area contributed by atoms with E-state index in [2.05, 4.69) is 11.4 Å². The highest BCUT2D eigenvalue weighted by atomic mass is 32.1. The van der Waals surface area contributed by atoms with Crippen LogP contribution in [-0.2, 0) is 17.6 Å². The first kappa shape index (κ1) is 14.5. The van der Waals surface area contributed by atoms with Crippen molar-refractivity contribution >= 4 is 22.2 Å². The molecular formula is C16H13FN2O2S. The Morgan fingerprint density at radius 3 is 3.00 bits per heavy atom. The maximum atomic E-state index is 13.4. The molecule has 1 heterocycles. The molecule has 0 spiro atoms. The fourth-order valence-corrected chi connectivity index (χ4v) is 3.73. The predicted octanol–water partition coefficient (Wildman–Crippen LogP) is 3.27. The van der Waals surface area contributed by atoms with Gasteiger partial charge in [-0.3, -0.25) is 4.79 Å². The number of nitriles is 1. The number of hydrogen-bond donors (Lipinski definition) is 1. The van der Waals surface area contributed by atoms with E-state index in [1.54, 1.807) is 12.1 Å². The molecule has 1 aliphatic rings. The maximum absolute atomic E-state index is 13.4. The van der Waals surface area contributed by atoms with E-state index in [0.29, 0.717) is 10.6 Å². The lowest BCUT2D eigenvalue weighted by Crippen LogP contribution is -2.20. The Morgan fingerprint density at radius 1 is 1.41 bits per heavy atom. The van der Waals surface area contributed by atoms with Gasteiger partial charge in [0.15, 0.2) is 18.2 Å². The third-order valence-corrected chi connectivity index (χ3v) is 4.69. The average Bonchev–Trinajstić information content (AvgIpc) is 3.06. The van der Waals surface area contributed by atoms with Gasteiger partial charge >= 0.3 is 0 Å². The largest absolute Gasteiger partial charge is 0.481 e. The second-order valence-corrected chi connectivity index (χ2v) is 6.05. The number of carbonyl (C=O) groups is 1. The van der Waals surface area contributed by atoms with Crippen LogP contribution in [0.2, 0.25) is 0 Å². The highest BCUT2D eigenvalue weighted by Gasteiger charge is 2.23. The minimum atomic E-state index is -0.511. The van der Waals surface area contributed by atoms with Crippen LogP contribution in [0.5, 0.6) is 5.75 Å². The number of hydrogen-bond acceptors (Lipinski definition) is 4. The van der Waals surface area contributed by atoms with E-state index < -0.39 is 11.7 Å². The van der Waals surface area contributed by atoms with E-state index in [9.17, 15) is 14.4 Å². The molecule has 1 amide bonds. The molecule has 1 aromatic carbocycles. The maximum Gasteiger partial charge on any atom is 0.262 e. The van der Waals surface area contributed by atoms with Gasteiger partial charge < -0.3 is 10.1 Å². The summed E-state index contributed by atoms with van der Waals surface area (Å²) in [7, 11) is 0. The fraction of sp³-hybridized carbons (Fsp3) is 0.250. The summed E-state index contributed by atoms with van der Waals surface area (Å²) in [6.07, 6.45) is 2.90. The minimum absolute atomic E-state index is 0.0341. The summed E-state index contributed by atoms with van der Waals surface area (Å²) >= 11 is 1.44. The molecule has 0 unspecified atom stereocenters. The van der Waals surface area contributed by atoms with Gasteiger partial charge in [0.1, 0.15) is 11.1 Å². The molecule has 0 saturated carbocycles. The Labute approximate surface area is 131 Å². The van der Waals surface area contributed by atoms with Crippen molar-refractivity contribution in [2.75, 3.05) is 11.9 Å². The summed E-state index contributed by atoms with van der Waals surface area (Å²) in [4.78, 5) is 13.1. The number of para-hydroxylation sites is 1. The molecule has 1 N–H and O–H groups in total. The van der Waals surface area contributed by atoms with E-state index in [1.807, 2.05) is 0 Å². The van der Waals surface area contributed by atoms with E-state index in [0.717, 1.165) is 24.8 Å². The van der Waals surface area contributed by atoms with E-state index in [-0.39, 0.29) is 12.4 Å². The van der Waals surface area contributed by atoms with Crippen LogP contribution >= 0.6 is 11.3 Å². The first-order valence-corrected chi connectivity index (χ1v) is 7.72. The number of nitrogens with zero attached hydrogens (tertiary/aromatic N) is 1. The number of carbonyl (C=O) groups excluding carboxylic acids is 1. The Kier molecular flexibility index (Phi) is 4.07. The van der Waals surface area contributed by atoms with Crippen LogP contribution in [0.25, 0.3) is 0 Å². The Bertz CT molecular complexity index is 764. The molecule has 0 radical (unpaired) electrons. The van der Waals surface area contributed by atoms with E-state index in [1.165, 1.54) is 28.3 Å². The van der Waals surface area contributed by atoms with Crippen molar-refractivity contribution in [2.24, 2.45) is 0 Å². The highest BCUT2D eigenvalue weighted by Crippen LogP contribution is 2.38. The standard InChI is InChI=1S/C16H13FN2O2S/c17-12-5-1-2-6-13(12)21-9-15(20)19-16-11(8-18)10-4-3-7-14(10)22-16/h1-2,5-6H,3-4,7,9H2,(H,19,20). The molecule has 2 aromatic rings. The van der Waals surface area contributed by atoms with Gasteiger partial charge in [-0.1, -0.05) is 12.1 Å². The molecule has 6 heteroatoms. The molecule has 3 rings (SSSR count). The lowest BCUT2D eigenvalue weighted by Gasteiger charge is -2.07. The van der Waals surface area contributed by atoms with Crippen molar-refractivity contribution in [3.63, 3.8) is 0 Å². The number of anilines is 1. The zero-order valence-electron chi connectivity index (χ0n) is 11.7. The van der Waals surface area contributed by atoms with Crippen molar-refractivity contribution in [3.8, 4) is 11.8 Å². The summed E-state index contributed by atoms with van der Waals surface area (Å²) < 4.78 is 18.6. The third-order valence-electron chi connectivity index (χ3n) is 3.48. The molecule has 0 aliphatic heterocycles. The van der Waals surface area contributed by atoms with Gasteiger partial charge in [0.25, 0.3) is 5.91 Å². The van der Waals surface area contributed by atoms with Gasteiger partial charge in [0, 0.05) is 4.88 Å². The van der Waals surface area contributed by atoms with Crippen LogP contribution in [0.1, 0.15) is 22.4 Å². The average molecular weight is 316 g/mol. The minimum Gasteiger partial charge on any atom is -0.481 e. The Balaban J connectivity index is 1.66. The molecule has 0 fully saturated rings. The summed E-state index contributed by atoms with van der Waals surface area (Å²) in [6.45, 7) is -0.297. The third kappa shape index (κ3) is 2.81. The van der Waals surface area contributed by atoms with Gasteiger partial charge in [-0.05, 0) is 37.0 Å². The first-order chi connectivity index (χ1) is 10.7. The van der Waals surface area contributed by atoms with Gasteiger partial charge in [0.05, 0.1) is 5.56 Å². The molecule has 4 nitrogen and oxygen atoms in total. The molecule has 112 valence electrons. The van der Waals surface area contributed by atoms with Crippen LogP contribution in [0.4, 0.5) is 9.39 Å². The molecular weight excluding hydrogens is 303 g/mol. The van der Waals surface area contributed by atoms with Crippen LogP contribution in [0, 0.1) is 17.1 Å². The van der Waals surface area contributed by atoms with Gasteiger partial charge in [-0.2, -0.15) is 5.26 Å². The SMILES string of the molecule is N#Cc1c(NC(=O)COc2ccccc2F)sc2c1CCC2. The Morgan fingerprint density at radius 2 is 2.23 bits per heavy atom. The zero-order valence-corrected chi connectivity index (χ0v) is 12.5. The van der Waals surface area contributed by atoms with Crippen LogP contribution < -0.4 is 10.1 Å². The molecule has 1 aliphatic carbocycles. The van der Waals surface area contributed by atoms with Crippen molar-refractivity contribution in [3.05, 3.63) is 46.1 Å². The molecule has 0 atom stereocenters. The normalized spacial score (nSPS) is 12.5.